The summed E-state index contributed by atoms with van der Waals surface area (Å²) in [6.45, 7) is 1.23. The Morgan fingerprint density at radius 3 is 2.07 bits per heavy atom. The van der Waals surface area contributed by atoms with Crippen molar-refractivity contribution in [1.82, 2.24) is 0 Å². The molecule has 0 spiro atoms. The predicted octanol–water partition coefficient (Wildman–Crippen LogP) is 2.98. The fourth-order valence-electron chi connectivity index (χ4n) is 5.05. The van der Waals surface area contributed by atoms with Gasteiger partial charge in [-0.2, -0.15) is 0 Å². The highest BCUT2D eigenvalue weighted by atomic mass is 16.7. The molecule has 0 aromatic heterocycles. The van der Waals surface area contributed by atoms with Gasteiger partial charge in [0.15, 0.2) is 30.0 Å². The summed E-state index contributed by atoms with van der Waals surface area (Å²) in [5, 5.41) is 0. The van der Waals surface area contributed by atoms with Crippen molar-refractivity contribution in [1.29, 1.82) is 0 Å². The summed E-state index contributed by atoms with van der Waals surface area (Å²) in [6.07, 6.45) is 0.188. The highest BCUT2D eigenvalue weighted by Crippen LogP contribution is 2.37. The van der Waals surface area contributed by atoms with E-state index in [1.54, 1.807) is 61.6 Å². The first-order valence-electron chi connectivity index (χ1n) is 14.3. The van der Waals surface area contributed by atoms with E-state index in [9.17, 15) is 24.0 Å². The first kappa shape index (κ1) is 31.9. The molecule has 3 heterocycles. The third-order valence-electron chi connectivity index (χ3n) is 7.34. The summed E-state index contributed by atoms with van der Waals surface area (Å²) in [5.41, 5.74) is -1.50. The van der Waals surface area contributed by atoms with Crippen LogP contribution in [0.15, 0.2) is 54.6 Å². The van der Waals surface area contributed by atoms with Crippen LogP contribution in [0.4, 0.5) is 0 Å². The maximum absolute atomic E-state index is 14.1. The summed E-state index contributed by atoms with van der Waals surface area (Å²) < 4.78 is 39.7. The summed E-state index contributed by atoms with van der Waals surface area (Å²) in [4.78, 5) is 65.9. The van der Waals surface area contributed by atoms with Gasteiger partial charge in [-0.15, -0.1) is 0 Å². The second kappa shape index (κ2) is 14.9. The Morgan fingerprint density at radius 1 is 0.837 bits per heavy atom. The minimum Gasteiger partial charge on any atom is -0.465 e. The lowest BCUT2D eigenvalue weighted by molar-refractivity contribution is -0.304. The van der Waals surface area contributed by atoms with Crippen molar-refractivity contribution in [3.8, 4) is 0 Å². The third-order valence-corrected chi connectivity index (χ3v) is 7.34. The van der Waals surface area contributed by atoms with Crippen molar-refractivity contribution >= 4 is 29.8 Å². The van der Waals surface area contributed by atoms with E-state index in [-0.39, 0.29) is 50.7 Å². The van der Waals surface area contributed by atoms with E-state index < -0.39 is 72.6 Å². The quantitative estimate of drug-likeness (QED) is 0.204. The molecule has 4 rings (SSSR count). The highest BCUT2D eigenvalue weighted by Gasteiger charge is 2.56. The number of hydrogen-bond donors (Lipinski definition) is 0. The molecule has 0 aliphatic carbocycles. The standard InChI is InChI=1S/C31H36O12/c1-3-38-29(35)31-17-11-5-9-15-22(32)41-24-21(19-39-27(34)20-13-7-4-8-14-20)40-28(37-2)26(25(24)43-30(31)36)42-23(33)16-10-6-12-18-31/h4-8,11-14,21,24-26,28H,3,9-10,15-19H2,1-2H3/t21-,24-,25+,26-,28+,31-/m1/s1. The third kappa shape index (κ3) is 7.68. The van der Waals surface area contributed by atoms with Crippen molar-refractivity contribution in [2.45, 2.75) is 76.2 Å². The fourth-order valence-corrected chi connectivity index (χ4v) is 5.05. The zero-order valence-corrected chi connectivity index (χ0v) is 24.1. The smallest absolute Gasteiger partial charge is 0.338 e. The molecule has 1 aromatic rings. The molecule has 0 radical (unpaired) electrons. The van der Waals surface area contributed by atoms with Crippen LogP contribution >= 0.6 is 0 Å². The fraction of sp³-hybridized carbons (Fsp3) is 0.516. The van der Waals surface area contributed by atoms with Crippen LogP contribution in [0.25, 0.3) is 0 Å². The van der Waals surface area contributed by atoms with Gasteiger partial charge >= 0.3 is 29.8 Å². The molecule has 12 heteroatoms. The molecule has 2 bridgehead atoms. The van der Waals surface area contributed by atoms with E-state index in [4.69, 9.17) is 33.2 Å². The number of carbonyl (C=O) groups is 5. The number of fused-ring (bicyclic) bond motifs is 2. The lowest BCUT2D eigenvalue weighted by atomic mass is 9.80. The molecule has 3 aliphatic rings. The summed E-state index contributed by atoms with van der Waals surface area (Å²) in [7, 11) is 1.29. The molecular weight excluding hydrogens is 564 g/mol. The summed E-state index contributed by atoms with van der Waals surface area (Å²) in [5.74, 6) is -3.71. The zero-order valence-electron chi connectivity index (χ0n) is 24.1. The molecule has 6 atom stereocenters. The second-order valence-electron chi connectivity index (χ2n) is 10.3. The van der Waals surface area contributed by atoms with Crippen LogP contribution in [-0.2, 0) is 52.3 Å². The number of rotatable bonds is 6. The molecular formula is C31H36O12. The molecule has 1 aromatic carbocycles. The van der Waals surface area contributed by atoms with Gasteiger partial charge in [-0.25, -0.2) is 4.79 Å². The van der Waals surface area contributed by atoms with Gasteiger partial charge in [0.2, 0.25) is 0 Å². The van der Waals surface area contributed by atoms with E-state index in [1.807, 2.05) is 0 Å². The molecule has 3 aliphatic heterocycles. The zero-order chi connectivity index (χ0) is 30.8. The van der Waals surface area contributed by atoms with Gasteiger partial charge in [-0.05, 0) is 44.7 Å². The van der Waals surface area contributed by atoms with Crippen LogP contribution in [0.5, 0.6) is 0 Å². The maximum atomic E-state index is 14.1. The molecule has 0 amide bonds. The minimum atomic E-state index is -1.78. The molecule has 232 valence electrons. The van der Waals surface area contributed by atoms with E-state index in [2.05, 4.69) is 0 Å². The van der Waals surface area contributed by atoms with Crippen molar-refractivity contribution in [2.75, 3.05) is 20.3 Å². The van der Waals surface area contributed by atoms with Gasteiger partial charge in [-0.3, -0.25) is 19.2 Å². The summed E-state index contributed by atoms with van der Waals surface area (Å²) >= 11 is 0. The Balaban J connectivity index is 1.77. The second-order valence-corrected chi connectivity index (χ2v) is 10.3. The van der Waals surface area contributed by atoms with Gasteiger partial charge in [0.05, 0.1) is 12.2 Å². The Hall–Kier alpha value is -4.03. The predicted molar refractivity (Wildman–Crippen MR) is 147 cm³/mol. The Morgan fingerprint density at radius 2 is 1.47 bits per heavy atom. The molecule has 43 heavy (non-hydrogen) atoms. The highest BCUT2D eigenvalue weighted by molar-refractivity contribution is 6.00. The van der Waals surface area contributed by atoms with Gasteiger partial charge in [0.1, 0.15) is 12.7 Å². The molecule has 1 fully saturated rings. The Bertz CT molecular complexity index is 1220. The number of allylic oxidation sites excluding steroid dienone is 4. The van der Waals surface area contributed by atoms with Crippen LogP contribution < -0.4 is 0 Å². The molecule has 12 nitrogen and oxygen atoms in total. The van der Waals surface area contributed by atoms with E-state index in [0.29, 0.717) is 0 Å². The van der Waals surface area contributed by atoms with Crippen molar-refractivity contribution in [3.63, 3.8) is 0 Å². The van der Waals surface area contributed by atoms with E-state index >= 15 is 0 Å². The lowest BCUT2D eigenvalue weighted by Crippen LogP contribution is -2.63. The SMILES string of the molecule is CCOC(=O)[C@]12CC=CCCC(=O)O[C@H]3[C@@H](OC)O[C@H](COC(=O)c4ccccc4)[C@@H](OC(=O)CCC=CC1)[C@@H]3OC2=O. The van der Waals surface area contributed by atoms with Crippen LogP contribution in [-0.4, -0.2) is 80.9 Å². The topological polar surface area (TPSA) is 150 Å². The molecule has 0 N–H and O–H groups in total. The maximum Gasteiger partial charge on any atom is 0.338 e. The average Bonchev–Trinajstić information content (AvgIpc) is 2.99. The minimum absolute atomic E-state index is 0.0274. The first-order valence-corrected chi connectivity index (χ1v) is 14.3. The monoisotopic (exact) mass is 600 g/mol. The average molecular weight is 601 g/mol. The van der Waals surface area contributed by atoms with E-state index in [0.717, 1.165) is 0 Å². The Kier molecular flexibility index (Phi) is 11.1. The number of hydrogen-bond acceptors (Lipinski definition) is 12. The number of methoxy groups -OCH3 is 1. The van der Waals surface area contributed by atoms with Crippen molar-refractivity contribution < 1.29 is 57.1 Å². The lowest BCUT2D eigenvalue weighted by Gasteiger charge is -2.45. The number of carbonyl (C=O) groups excluding carboxylic acids is 5. The van der Waals surface area contributed by atoms with Gasteiger partial charge in [-0.1, -0.05) is 42.5 Å². The van der Waals surface area contributed by atoms with Crippen LogP contribution in [0.3, 0.4) is 0 Å². The first-order chi connectivity index (χ1) is 20.8. The van der Waals surface area contributed by atoms with Gasteiger partial charge in [0.25, 0.3) is 0 Å². The van der Waals surface area contributed by atoms with E-state index in [1.165, 1.54) is 7.11 Å². The molecule has 0 saturated carbocycles. The van der Waals surface area contributed by atoms with Crippen molar-refractivity contribution in [2.24, 2.45) is 5.41 Å². The largest absolute Gasteiger partial charge is 0.465 e. The number of benzene rings is 1. The van der Waals surface area contributed by atoms with Crippen LogP contribution in [0, 0.1) is 5.41 Å². The van der Waals surface area contributed by atoms with Gasteiger partial charge < -0.3 is 33.2 Å². The number of ether oxygens (including phenoxy) is 7. The molecule has 1 saturated heterocycles. The normalized spacial score (nSPS) is 29.8. The van der Waals surface area contributed by atoms with Crippen molar-refractivity contribution in [3.05, 3.63) is 60.2 Å². The number of esters is 5. The van der Waals surface area contributed by atoms with Crippen LogP contribution in [0.1, 0.15) is 55.8 Å². The Labute approximate surface area is 249 Å². The molecule has 0 unspecified atom stereocenters. The summed E-state index contributed by atoms with van der Waals surface area (Å²) in [6, 6.07) is 8.23. The van der Waals surface area contributed by atoms with Crippen LogP contribution in [0.2, 0.25) is 0 Å². The van der Waals surface area contributed by atoms with Gasteiger partial charge in [0, 0.05) is 20.0 Å².